The van der Waals surface area contributed by atoms with Crippen molar-refractivity contribution in [2.24, 2.45) is 5.92 Å². The molecular weight excluding hydrogens is 327 g/mol. The number of esters is 1. The molecule has 1 aliphatic carbocycles. The number of halogens is 3. The van der Waals surface area contributed by atoms with E-state index in [1.54, 1.807) is 0 Å². The zero-order valence-corrected chi connectivity index (χ0v) is 12.7. The maximum atomic E-state index is 12.0. The molecule has 2 nitrogen and oxygen atoms in total. The maximum Gasteiger partial charge on any atom is 0.349 e. The van der Waals surface area contributed by atoms with Crippen LogP contribution in [0.25, 0.3) is 10.1 Å². The highest BCUT2D eigenvalue weighted by Crippen LogP contribution is 2.53. The van der Waals surface area contributed by atoms with Gasteiger partial charge in [0, 0.05) is 16.0 Å². The quantitative estimate of drug-likeness (QED) is 0.589. The zero-order chi connectivity index (χ0) is 13.6. The van der Waals surface area contributed by atoms with Gasteiger partial charge in [-0.1, -0.05) is 29.8 Å². The fourth-order valence-electron chi connectivity index (χ4n) is 1.84. The van der Waals surface area contributed by atoms with Crippen molar-refractivity contribution in [3.8, 4) is 0 Å². The fourth-order valence-corrected chi connectivity index (χ4v) is 3.74. The van der Waals surface area contributed by atoms with Gasteiger partial charge in [0.1, 0.15) is 9.21 Å². The molecule has 0 amide bonds. The lowest BCUT2D eigenvalue weighted by Gasteiger charge is -2.03. The molecule has 0 unspecified atom stereocenters. The molecule has 2 aromatic rings. The van der Waals surface area contributed by atoms with Crippen LogP contribution < -0.4 is 0 Å². The molecule has 100 valence electrons. The summed E-state index contributed by atoms with van der Waals surface area (Å²) in [5.74, 6) is -0.393. The molecule has 19 heavy (non-hydrogen) atoms. The Labute approximate surface area is 129 Å². The van der Waals surface area contributed by atoms with Crippen molar-refractivity contribution in [3.63, 3.8) is 0 Å². The minimum Gasteiger partial charge on any atom is -0.461 e. The first-order valence-electron chi connectivity index (χ1n) is 5.71. The monoisotopic (exact) mass is 334 g/mol. The number of carbonyl (C=O) groups is 1. The molecule has 0 bridgehead atoms. The summed E-state index contributed by atoms with van der Waals surface area (Å²) in [6.07, 6.45) is 0.656. The van der Waals surface area contributed by atoms with E-state index in [2.05, 4.69) is 0 Å². The molecular formula is C13H9Cl3O2S. The average Bonchev–Trinajstić information content (AvgIpc) is 2.85. The molecule has 1 heterocycles. The molecule has 0 saturated heterocycles. The lowest BCUT2D eigenvalue weighted by molar-refractivity contribution is 0.0491. The first-order valence-corrected chi connectivity index (χ1v) is 7.66. The van der Waals surface area contributed by atoms with E-state index in [0.29, 0.717) is 16.3 Å². The van der Waals surface area contributed by atoms with Crippen LogP contribution in [0.15, 0.2) is 24.3 Å². The second kappa shape index (κ2) is 4.81. The van der Waals surface area contributed by atoms with Gasteiger partial charge < -0.3 is 4.74 Å². The second-order valence-electron chi connectivity index (χ2n) is 4.50. The molecule has 0 spiro atoms. The fraction of sp³-hybridized carbons (Fsp3) is 0.308. The number of ether oxygens (including phenoxy) is 1. The minimum atomic E-state index is -0.732. The van der Waals surface area contributed by atoms with Crippen molar-refractivity contribution in [3.05, 3.63) is 34.2 Å². The van der Waals surface area contributed by atoms with E-state index in [1.807, 2.05) is 24.3 Å². The Bertz CT molecular complexity index is 650. The van der Waals surface area contributed by atoms with Gasteiger partial charge in [0.25, 0.3) is 0 Å². The van der Waals surface area contributed by atoms with Crippen molar-refractivity contribution in [1.82, 2.24) is 0 Å². The number of hydrogen-bond acceptors (Lipinski definition) is 3. The molecule has 0 aliphatic heterocycles. The SMILES string of the molecule is O=C(OC[C@@H]1CC1(Cl)Cl)c1sc2ccccc2c1Cl. The van der Waals surface area contributed by atoms with E-state index in [9.17, 15) is 4.79 Å². The highest BCUT2D eigenvalue weighted by Gasteiger charge is 2.52. The number of benzene rings is 1. The summed E-state index contributed by atoms with van der Waals surface area (Å²) in [7, 11) is 0. The van der Waals surface area contributed by atoms with Crippen LogP contribution in [0.3, 0.4) is 0 Å². The first kappa shape index (κ1) is 13.5. The molecule has 1 saturated carbocycles. The van der Waals surface area contributed by atoms with Crippen molar-refractivity contribution < 1.29 is 9.53 Å². The molecule has 1 aliphatic rings. The first-order chi connectivity index (χ1) is 8.99. The maximum absolute atomic E-state index is 12.0. The largest absolute Gasteiger partial charge is 0.461 e. The Morgan fingerprint density at radius 1 is 1.42 bits per heavy atom. The summed E-state index contributed by atoms with van der Waals surface area (Å²) in [6.45, 7) is 0.233. The topological polar surface area (TPSA) is 26.3 Å². The van der Waals surface area contributed by atoms with Gasteiger partial charge >= 0.3 is 5.97 Å². The van der Waals surface area contributed by atoms with Crippen LogP contribution in [0, 0.1) is 5.92 Å². The molecule has 0 radical (unpaired) electrons. The van der Waals surface area contributed by atoms with Gasteiger partial charge in [0.2, 0.25) is 0 Å². The normalized spacial score (nSPS) is 20.5. The van der Waals surface area contributed by atoms with Crippen LogP contribution in [-0.2, 0) is 4.74 Å². The van der Waals surface area contributed by atoms with Gasteiger partial charge in [-0.2, -0.15) is 0 Å². The van der Waals surface area contributed by atoms with Gasteiger partial charge in [0.05, 0.1) is 11.6 Å². The Morgan fingerprint density at radius 2 is 2.11 bits per heavy atom. The van der Waals surface area contributed by atoms with Gasteiger partial charge in [-0.25, -0.2) is 4.79 Å². The van der Waals surface area contributed by atoms with Gasteiger partial charge in [-0.05, 0) is 12.5 Å². The average molecular weight is 336 g/mol. The summed E-state index contributed by atoms with van der Waals surface area (Å²) < 4.78 is 5.45. The number of rotatable bonds is 3. The van der Waals surface area contributed by atoms with Gasteiger partial charge in [-0.15, -0.1) is 34.5 Å². The van der Waals surface area contributed by atoms with Crippen molar-refractivity contribution in [2.75, 3.05) is 6.61 Å². The van der Waals surface area contributed by atoms with Gasteiger partial charge in [0.15, 0.2) is 0 Å². The lowest BCUT2D eigenvalue weighted by Crippen LogP contribution is -2.08. The lowest BCUT2D eigenvalue weighted by atomic mass is 10.2. The molecule has 1 aromatic carbocycles. The molecule has 6 heteroatoms. The summed E-state index contributed by atoms with van der Waals surface area (Å²) in [5, 5.41) is 1.32. The third kappa shape index (κ3) is 2.57. The van der Waals surface area contributed by atoms with Crippen molar-refractivity contribution >= 4 is 62.2 Å². The number of thiophene rings is 1. The molecule has 1 atom stereocenters. The summed E-state index contributed by atoms with van der Waals surface area (Å²) >= 11 is 19.3. The molecule has 1 aromatic heterocycles. The molecule has 0 N–H and O–H groups in total. The third-order valence-electron chi connectivity index (χ3n) is 3.09. The predicted octanol–water partition coefficient (Wildman–Crippen LogP) is 4.91. The van der Waals surface area contributed by atoms with E-state index >= 15 is 0 Å². The van der Waals surface area contributed by atoms with Crippen LogP contribution in [-0.4, -0.2) is 16.9 Å². The third-order valence-corrected chi connectivity index (χ3v) is 5.67. The van der Waals surface area contributed by atoms with Crippen molar-refractivity contribution in [2.45, 2.75) is 10.8 Å². The van der Waals surface area contributed by atoms with Gasteiger partial charge in [-0.3, -0.25) is 0 Å². The number of hydrogen-bond donors (Lipinski definition) is 0. The highest BCUT2D eigenvalue weighted by molar-refractivity contribution is 7.21. The Hall–Kier alpha value is -0.480. The predicted molar refractivity (Wildman–Crippen MR) is 79.7 cm³/mol. The van der Waals surface area contributed by atoms with Crippen LogP contribution in [0.4, 0.5) is 0 Å². The highest BCUT2D eigenvalue weighted by atomic mass is 35.5. The zero-order valence-electron chi connectivity index (χ0n) is 9.66. The second-order valence-corrected chi connectivity index (χ2v) is 7.47. The van der Waals surface area contributed by atoms with Crippen LogP contribution >= 0.6 is 46.1 Å². The standard InChI is InChI=1S/C13H9Cl3O2S/c14-10-8-3-1-2-4-9(8)19-11(10)12(17)18-6-7-5-13(7,15)16/h1-4,7H,5-6H2/t7-/m0/s1. The summed E-state index contributed by atoms with van der Waals surface area (Å²) in [5.41, 5.74) is 0. The Kier molecular flexibility index (Phi) is 3.42. The van der Waals surface area contributed by atoms with E-state index in [1.165, 1.54) is 11.3 Å². The number of fused-ring (bicyclic) bond motifs is 1. The van der Waals surface area contributed by atoms with Crippen LogP contribution in [0.5, 0.6) is 0 Å². The summed E-state index contributed by atoms with van der Waals surface area (Å²) in [6, 6.07) is 7.60. The smallest absolute Gasteiger partial charge is 0.349 e. The summed E-state index contributed by atoms with van der Waals surface area (Å²) in [4.78, 5) is 12.4. The van der Waals surface area contributed by atoms with Crippen LogP contribution in [0.2, 0.25) is 5.02 Å². The number of alkyl halides is 2. The molecule has 3 rings (SSSR count). The minimum absolute atomic E-state index is 0.0212. The Morgan fingerprint density at radius 3 is 2.74 bits per heavy atom. The van der Waals surface area contributed by atoms with E-state index < -0.39 is 10.3 Å². The number of carbonyl (C=O) groups excluding carboxylic acids is 1. The van der Waals surface area contributed by atoms with Crippen LogP contribution in [0.1, 0.15) is 16.1 Å². The molecule has 1 fully saturated rings. The van der Waals surface area contributed by atoms with E-state index in [0.717, 1.165) is 10.1 Å². The van der Waals surface area contributed by atoms with E-state index in [-0.39, 0.29) is 12.5 Å². The Balaban J connectivity index is 1.76. The van der Waals surface area contributed by atoms with Crippen molar-refractivity contribution in [1.29, 1.82) is 0 Å². The van der Waals surface area contributed by atoms with E-state index in [4.69, 9.17) is 39.5 Å².